The fourth-order valence-electron chi connectivity index (χ4n) is 13.0. The Morgan fingerprint density at radius 2 is 0.971 bits per heavy atom. The van der Waals surface area contributed by atoms with Crippen LogP contribution in [-0.4, -0.2) is 12.8 Å². The highest BCUT2D eigenvalue weighted by molar-refractivity contribution is 6.94. The minimum atomic E-state index is -0.250. The summed E-state index contributed by atoms with van der Waals surface area (Å²) in [5.41, 5.74) is 21.0. The van der Waals surface area contributed by atoms with Crippen LogP contribution >= 0.6 is 0 Å². The van der Waals surface area contributed by atoms with Gasteiger partial charge in [-0.2, -0.15) is 0 Å². The molecule has 0 bridgehead atoms. The molecule has 0 radical (unpaired) electrons. The lowest BCUT2D eigenvalue weighted by molar-refractivity contribution is 0.180. The second kappa shape index (κ2) is 16.8. The van der Waals surface area contributed by atoms with E-state index in [1.165, 1.54) is 126 Å². The summed E-state index contributed by atoms with van der Waals surface area (Å²) in [5.74, 6) is 1.27. The smallest absolute Gasteiger partial charge is 0.340 e. The highest BCUT2D eigenvalue weighted by atomic mass is 16.5. The lowest BCUT2D eigenvalue weighted by atomic mass is 9.37. The van der Waals surface area contributed by atoms with Crippen LogP contribution in [0.3, 0.4) is 0 Å². The van der Waals surface area contributed by atoms with Gasteiger partial charge >= 0.3 is 6.71 Å². The van der Waals surface area contributed by atoms with Gasteiger partial charge in [0.15, 0.2) is 0 Å². The second-order valence-corrected chi connectivity index (χ2v) is 20.4. The van der Waals surface area contributed by atoms with Gasteiger partial charge in [0.05, 0.1) is 23.0 Å². The molecule has 8 aromatic rings. The van der Waals surface area contributed by atoms with Gasteiger partial charge in [-0.05, 0) is 160 Å². The van der Waals surface area contributed by atoms with Crippen LogP contribution in [-0.2, 0) is 4.74 Å². The van der Waals surface area contributed by atoms with Gasteiger partial charge in [0.2, 0.25) is 0 Å². The zero-order valence-electron chi connectivity index (χ0n) is 39.1. The molecule has 0 amide bonds. The van der Waals surface area contributed by atoms with E-state index in [0.717, 1.165) is 45.0 Å². The van der Waals surface area contributed by atoms with Gasteiger partial charge < -0.3 is 19.0 Å². The molecule has 5 heteroatoms. The number of nitrogens with zero attached hydrogens (tertiary/aromatic N) is 2. The summed E-state index contributed by atoms with van der Waals surface area (Å²) in [6, 6.07) is 61.7. The molecule has 0 N–H and O–H groups in total. The number of benzene rings is 7. The second-order valence-electron chi connectivity index (χ2n) is 20.4. The molecule has 2 saturated carbocycles. The van der Waals surface area contributed by atoms with Gasteiger partial charge in [-0.1, -0.05) is 154 Å². The third-order valence-corrected chi connectivity index (χ3v) is 16.3. The first-order chi connectivity index (χ1) is 34.2. The largest absolute Gasteiger partial charge is 0.497 e. The van der Waals surface area contributed by atoms with Crippen molar-refractivity contribution < 1.29 is 9.15 Å². The normalized spacial score (nSPS) is 19.6. The number of hydrogen-bond donors (Lipinski definition) is 0. The fraction of sp³-hybridized carbons (Fsp3) is 0.219. The van der Waals surface area contributed by atoms with Gasteiger partial charge in [-0.3, -0.25) is 0 Å². The minimum absolute atomic E-state index is 0.0348. The van der Waals surface area contributed by atoms with E-state index >= 15 is 0 Å². The molecule has 6 aliphatic rings. The minimum Gasteiger partial charge on any atom is -0.497 e. The predicted octanol–water partition coefficient (Wildman–Crippen LogP) is 16.0. The Labute approximate surface area is 406 Å². The van der Waals surface area contributed by atoms with E-state index in [4.69, 9.17) is 9.15 Å². The van der Waals surface area contributed by atoms with E-state index in [2.05, 4.69) is 198 Å². The first kappa shape index (κ1) is 40.8. The number of hydrogen-bond acceptors (Lipinski definition) is 4. The number of allylic oxidation sites excluding steroid dienone is 2. The molecule has 336 valence electrons. The van der Waals surface area contributed by atoms with Gasteiger partial charge in [0.1, 0.15) is 17.3 Å². The highest BCUT2D eigenvalue weighted by Gasteiger charge is 2.54. The molecule has 2 fully saturated rings. The van der Waals surface area contributed by atoms with Crippen LogP contribution in [0.1, 0.15) is 87.2 Å². The molecule has 4 heterocycles. The average molecular weight is 895 g/mol. The van der Waals surface area contributed by atoms with Crippen LogP contribution in [0.25, 0.3) is 44.3 Å². The van der Waals surface area contributed by atoms with Crippen molar-refractivity contribution in [1.29, 1.82) is 0 Å². The van der Waals surface area contributed by atoms with Gasteiger partial charge in [-0.25, -0.2) is 0 Å². The van der Waals surface area contributed by atoms with Crippen molar-refractivity contribution in [2.75, 3.05) is 9.80 Å². The van der Waals surface area contributed by atoms with Crippen molar-refractivity contribution in [3.63, 3.8) is 0 Å². The Balaban J connectivity index is 1.05. The predicted molar refractivity (Wildman–Crippen MR) is 286 cm³/mol. The van der Waals surface area contributed by atoms with Gasteiger partial charge in [-0.15, -0.1) is 0 Å². The molecule has 0 saturated heterocycles. The van der Waals surface area contributed by atoms with Crippen LogP contribution in [0.2, 0.25) is 0 Å². The molecule has 14 rings (SSSR count). The molecule has 7 aromatic carbocycles. The van der Waals surface area contributed by atoms with Crippen LogP contribution < -0.4 is 20.9 Å². The summed E-state index contributed by atoms with van der Waals surface area (Å²) in [6.07, 6.45) is 21.9. The third kappa shape index (κ3) is 6.87. The molecule has 3 aliphatic carbocycles. The maximum Gasteiger partial charge on any atom is 0.340 e. The maximum absolute atomic E-state index is 7.33. The molecular formula is C64H55BN2O2. The van der Waals surface area contributed by atoms with E-state index in [-0.39, 0.29) is 18.7 Å². The molecular weight excluding hydrogens is 840 g/mol. The first-order valence-corrected chi connectivity index (χ1v) is 25.7. The third-order valence-electron chi connectivity index (χ3n) is 16.3. The van der Waals surface area contributed by atoms with Crippen molar-refractivity contribution in [2.45, 2.75) is 82.1 Å². The van der Waals surface area contributed by atoms with Crippen LogP contribution in [0.5, 0.6) is 0 Å². The Kier molecular flexibility index (Phi) is 9.92. The summed E-state index contributed by atoms with van der Waals surface area (Å²) in [6.45, 7) is -0.250. The van der Waals surface area contributed by atoms with Crippen molar-refractivity contribution >= 4 is 57.2 Å². The average Bonchev–Trinajstić information content (AvgIpc) is 4.01. The number of ether oxygens (including phenoxy) is 1. The highest BCUT2D eigenvalue weighted by Crippen LogP contribution is 2.53. The lowest BCUT2D eigenvalue weighted by Crippen LogP contribution is -2.55. The number of furan rings is 1. The summed E-state index contributed by atoms with van der Waals surface area (Å²) < 4.78 is 14.6. The van der Waals surface area contributed by atoms with E-state index in [1.54, 1.807) is 0 Å². The number of anilines is 5. The molecule has 1 aromatic heterocycles. The topological polar surface area (TPSA) is 28.9 Å². The molecule has 69 heavy (non-hydrogen) atoms. The van der Waals surface area contributed by atoms with Crippen molar-refractivity contribution in [2.24, 2.45) is 5.92 Å². The summed E-state index contributed by atoms with van der Waals surface area (Å²) in [5, 5.41) is 1.11. The summed E-state index contributed by atoms with van der Waals surface area (Å²) in [7, 11) is 0. The molecule has 0 spiro atoms. The Morgan fingerprint density at radius 1 is 0.464 bits per heavy atom. The van der Waals surface area contributed by atoms with Crippen molar-refractivity contribution in [3.05, 3.63) is 211 Å². The quantitative estimate of drug-likeness (QED) is 0.149. The summed E-state index contributed by atoms with van der Waals surface area (Å²) >= 11 is 0. The standard InChI is InChI=1S/C64H55BN2O2/c1-5-17-42(18-6-1)46-29-33-52(34-30-46)66-56-40-51(50-38-48(44-21-9-3-10-22-44)37-49(39-50)45-23-11-4-12-24-45)41-57-60(56)65(63-61(66)54-25-13-15-27-58(54)68-63)64-62(55-26-14-16-28-59(55)69-64)67(57)53-35-31-47(32-36-53)43-19-7-2-8-20-43/h3-4,9-16,21-43,54,58H,1-2,5-8,17-20H2. The van der Waals surface area contributed by atoms with Crippen LogP contribution in [0.4, 0.5) is 28.4 Å². The maximum atomic E-state index is 7.33. The number of rotatable bonds is 7. The number of fused-ring (bicyclic) bond motifs is 7. The molecule has 2 unspecified atom stereocenters. The van der Waals surface area contributed by atoms with Crippen molar-refractivity contribution in [1.82, 2.24) is 0 Å². The zero-order chi connectivity index (χ0) is 45.4. The summed E-state index contributed by atoms with van der Waals surface area (Å²) in [4.78, 5) is 5.10. The monoisotopic (exact) mass is 894 g/mol. The van der Waals surface area contributed by atoms with E-state index < -0.39 is 0 Å². The van der Waals surface area contributed by atoms with E-state index in [1.807, 2.05) is 0 Å². The first-order valence-electron chi connectivity index (χ1n) is 25.7. The van der Waals surface area contributed by atoms with Crippen LogP contribution in [0, 0.1) is 5.92 Å². The molecule has 4 nitrogen and oxygen atoms in total. The Morgan fingerprint density at radius 3 is 1.58 bits per heavy atom. The Hall–Kier alpha value is -7.24. The molecule has 3 aliphatic heterocycles. The van der Waals surface area contributed by atoms with E-state index in [9.17, 15) is 0 Å². The fourth-order valence-corrected chi connectivity index (χ4v) is 13.0. The lowest BCUT2D eigenvalue weighted by Gasteiger charge is -2.42. The number of para-hydroxylation sites is 1. The molecule has 2 atom stereocenters. The Bertz CT molecular complexity index is 3280. The zero-order valence-corrected chi connectivity index (χ0v) is 39.1. The SMILES string of the molecule is C1=CC2OC3=C(C2C=C1)N(c1ccc(C2CCCCC2)cc1)c1cc(-c2cc(-c4ccccc4)cc(-c4ccccc4)c2)cc2c1B3c1oc3ccccc3c1N2c1ccc(C2CCCCC2)cc1. The van der Waals surface area contributed by atoms with Gasteiger partial charge in [0, 0.05) is 28.1 Å². The van der Waals surface area contributed by atoms with Gasteiger partial charge in [0.25, 0.3) is 0 Å². The van der Waals surface area contributed by atoms with E-state index in [0.29, 0.717) is 11.8 Å². The van der Waals surface area contributed by atoms with Crippen LogP contribution in [0.15, 0.2) is 204 Å². The van der Waals surface area contributed by atoms with Crippen molar-refractivity contribution in [3.8, 4) is 33.4 Å².